The summed E-state index contributed by atoms with van der Waals surface area (Å²) in [6, 6.07) is 7.63. The summed E-state index contributed by atoms with van der Waals surface area (Å²) in [5.74, 6) is -0.268. The predicted octanol–water partition coefficient (Wildman–Crippen LogP) is 2.63. The zero-order chi connectivity index (χ0) is 15.0. The van der Waals surface area contributed by atoms with Gasteiger partial charge in [-0.2, -0.15) is 4.99 Å². The van der Waals surface area contributed by atoms with E-state index in [0.717, 1.165) is 23.0 Å². The lowest BCUT2D eigenvalue weighted by molar-refractivity contribution is -0.120. The van der Waals surface area contributed by atoms with Crippen molar-refractivity contribution in [3.8, 4) is 0 Å². The Morgan fingerprint density at radius 2 is 1.86 bits per heavy atom. The predicted molar refractivity (Wildman–Crippen MR) is 81.5 cm³/mol. The van der Waals surface area contributed by atoms with Crippen LogP contribution in [0, 0.1) is 0 Å². The molecule has 0 spiro atoms. The molecule has 3 rings (SSSR count). The van der Waals surface area contributed by atoms with Crippen LogP contribution in [0.5, 0.6) is 0 Å². The summed E-state index contributed by atoms with van der Waals surface area (Å²) in [6.45, 7) is 5.08. The Bertz CT molecular complexity index is 758. The second-order valence-electron chi connectivity index (χ2n) is 5.02. The van der Waals surface area contributed by atoms with Crippen LogP contribution in [-0.4, -0.2) is 33.7 Å². The minimum absolute atomic E-state index is 0.268. The lowest BCUT2D eigenvalue weighted by Gasteiger charge is -2.08. The first kappa shape index (κ1) is 13.5. The van der Waals surface area contributed by atoms with Gasteiger partial charge in [-0.05, 0) is 25.5 Å². The number of amides is 3. The Labute approximate surface area is 122 Å². The second kappa shape index (κ2) is 5.16. The Morgan fingerprint density at radius 3 is 2.52 bits per heavy atom. The monoisotopic (exact) mass is 283 g/mol. The third kappa shape index (κ3) is 2.14. The molecule has 1 aromatic heterocycles. The van der Waals surface area contributed by atoms with Gasteiger partial charge in [0.05, 0.1) is 0 Å². The fourth-order valence-electron chi connectivity index (χ4n) is 2.77. The van der Waals surface area contributed by atoms with E-state index in [2.05, 4.69) is 22.5 Å². The molecule has 1 aliphatic rings. The van der Waals surface area contributed by atoms with Crippen LogP contribution in [0.3, 0.4) is 0 Å². The smallest absolute Gasteiger partial charge is 0.347 e. The van der Waals surface area contributed by atoms with Gasteiger partial charge >= 0.3 is 6.03 Å². The van der Waals surface area contributed by atoms with E-state index in [9.17, 15) is 9.59 Å². The molecule has 5 heteroatoms. The van der Waals surface area contributed by atoms with Crippen LogP contribution in [-0.2, 0) is 17.8 Å². The number of para-hydroxylation sites is 1. The molecule has 0 atom stereocenters. The van der Waals surface area contributed by atoms with Crippen molar-refractivity contribution in [3.05, 3.63) is 36.0 Å². The Morgan fingerprint density at radius 1 is 1.10 bits per heavy atom. The molecule has 5 nitrogen and oxygen atoms in total. The quantitative estimate of drug-likeness (QED) is 0.866. The van der Waals surface area contributed by atoms with E-state index in [1.54, 1.807) is 6.92 Å². The molecular formula is C16H17N3O2. The molecule has 2 aromatic rings. The van der Waals surface area contributed by atoms with Crippen LogP contribution in [0.25, 0.3) is 10.9 Å². The van der Waals surface area contributed by atoms with Gasteiger partial charge in [0.1, 0.15) is 5.71 Å². The number of urea groups is 1. The van der Waals surface area contributed by atoms with Crippen molar-refractivity contribution in [1.82, 2.24) is 9.47 Å². The normalized spacial score (nSPS) is 15.1. The van der Waals surface area contributed by atoms with Crippen molar-refractivity contribution >= 4 is 28.6 Å². The number of rotatable bonds is 4. The lowest BCUT2D eigenvalue weighted by Crippen LogP contribution is -2.32. The number of aryl methyl sites for hydroxylation is 1. The Balaban J connectivity index is 1.98. The van der Waals surface area contributed by atoms with Crippen LogP contribution in [0.2, 0.25) is 0 Å². The molecule has 108 valence electrons. The first-order valence-corrected chi connectivity index (χ1v) is 7.15. The van der Waals surface area contributed by atoms with Crippen LogP contribution in [0.15, 0.2) is 35.5 Å². The SMILES string of the molecule is CCN1C(=O)N=C(Cc2cn(CC)c3ccccc23)C1=O. The Kier molecular flexibility index (Phi) is 3.33. The van der Waals surface area contributed by atoms with Gasteiger partial charge in [-0.3, -0.25) is 9.69 Å². The molecule has 1 aromatic carbocycles. The molecule has 0 N–H and O–H groups in total. The van der Waals surface area contributed by atoms with Gasteiger partial charge in [0.2, 0.25) is 0 Å². The topological polar surface area (TPSA) is 54.7 Å². The minimum Gasteiger partial charge on any atom is -0.347 e. The zero-order valence-electron chi connectivity index (χ0n) is 12.2. The van der Waals surface area contributed by atoms with Crippen molar-refractivity contribution < 1.29 is 9.59 Å². The zero-order valence-corrected chi connectivity index (χ0v) is 12.2. The highest BCUT2D eigenvalue weighted by atomic mass is 16.2. The van der Waals surface area contributed by atoms with E-state index in [0.29, 0.717) is 18.7 Å². The van der Waals surface area contributed by atoms with Gasteiger partial charge in [0, 0.05) is 36.6 Å². The van der Waals surface area contributed by atoms with Gasteiger partial charge in [-0.15, -0.1) is 0 Å². The van der Waals surface area contributed by atoms with E-state index in [-0.39, 0.29) is 5.91 Å². The lowest BCUT2D eigenvalue weighted by atomic mass is 10.1. The number of nitrogens with zero attached hydrogens (tertiary/aromatic N) is 3. The molecular weight excluding hydrogens is 266 g/mol. The Hall–Kier alpha value is -2.43. The summed E-state index contributed by atoms with van der Waals surface area (Å²) < 4.78 is 2.14. The minimum atomic E-state index is -0.447. The molecule has 21 heavy (non-hydrogen) atoms. The molecule has 2 heterocycles. The van der Waals surface area contributed by atoms with Crippen molar-refractivity contribution in [1.29, 1.82) is 0 Å². The van der Waals surface area contributed by atoms with Crippen molar-refractivity contribution in [2.24, 2.45) is 4.99 Å². The molecule has 0 aliphatic carbocycles. The van der Waals surface area contributed by atoms with Crippen LogP contribution >= 0.6 is 0 Å². The van der Waals surface area contributed by atoms with Crippen molar-refractivity contribution in [3.63, 3.8) is 0 Å². The molecule has 0 fully saturated rings. The van der Waals surface area contributed by atoms with E-state index in [1.165, 1.54) is 4.90 Å². The molecule has 0 saturated heterocycles. The van der Waals surface area contributed by atoms with Gasteiger partial charge in [0.25, 0.3) is 5.91 Å². The van der Waals surface area contributed by atoms with Gasteiger partial charge in [-0.25, -0.2) is 4.79 Å². The number of hydrogen-bond donors (Lipinski definition) is 0. The summed E-state index contributed by atoms with van der Waals surface area (Å²) in [5.41, 5.74) is 2.51. The highest BCUT2D eigenvalue weighted by Crippen LogP contribution is 2.23. The van der Waals surface area contributed by atoms with Crippen LogP contribution < -0.4 is 0 Å². The number of carbonyl (C=O) groups is 2. The average molecular weight is 283 g/mol. The fraction of sp³-hybridized carbons (Fsp3) is 0.312. The first-order chi connectivity index (χ1) is 10.2. The third-order valence-corrected chi connectivity index (χ3v) is 3.84. The van der Waals surface area contributed by atoms with Crippen LogP contribution in [0.4, 0.5) is 4.79 Å². The van der Waals surface area contributed by atoms with Gasteiger partial charge < -0.3 is 4.57 Å². The first-order valence-electron chi connectivity index (χ1n) is 7.15. The number of aliphatic imine (C=N–C) groups is 1. The van der Waals surface area contributed by atoms with E-state index < -0.39 is 6.03 Å². The van der Waals surface area contributed by atoms with E-state index >= 15 is 0 Å². The number of carbonyl (C=O) groups excluding carboxylic acids is 2. The summed E-state index contributed by atoms with van der Waals surface area (Å²) in [7, 11) is 0. The van der Waals surface area contributed by atoms with E-state index in [1.807, 2.05) is 24.4 Å². The molecule has 3 amide bonds. The highest BCUT2D eigenvalue weighted by Gasteiger charge is 2.31. The highest BCUT2D eigenvalue weighted by molar-refractivity contribution is 6.46. The number of benzene rings is 1. The largest absolute Gasteiger partial charge is 0.350 e. The maximum Gasteiger partial charge on any atom is 0.350 e. The average Bonchev–Trinajstić information content (AvgIpc) is 2.98. The molecule has 0 unspecified atom stereocenters. The van der Waals surface area contributed by atoms with Crippen molar-refractivity contribution in [2.45, 2.75) is 26.8 Å². The summed E-state index contributed by atoms with van der Waals surface area (Å²) >= 11 is 0. The van der Waals surface area contributed by atoms with Gasteiger partial charge in [0.15, 0.2) is 0 Å². The maximum atomic E-state index is 12.1. The number of hydrogen-bond acceptors (Lipinski definition) is 2. The maximum absolute atomic E-state index is 12.1. The molecule has 0 radical (unpaired) electrons. The second-order valence-corrected chi connectivity index (χ2v) is 5.02. The number of imide groups is 1. The van der Waals surface area contributed by atoms with Gasteiger partial charge in [-0.1, -0.05) is 18.2 Å². The molecule has 0 bridgehead atoms. The van der Waals surface area contributed by atoms with Crippen molar-refractivity contribution in [2.75, 3.05) is 6.54 Å². The standard InChI is InChI=1S/C16H17N3O2/c1-3-18-10-11(12-7-5-6-8-14(12)18)9-13-15(20)19(4-2)16(21)17-13/h5-8,10H,3-4,9H2,1-2H3. The molecule has 1 aliphatic heterocycles. The summed E-state index contributed by atoms with van der Waals surface area (Å²) in [4.78, 5) is 28.9. The summed E-state index contributed by atoms with van der Waals surface area (Å²) in [6.07, 6.45) is 2.44. The van der Waals surface area contributed by atoms with Crippen LogP contribution in [0.1, 0.15) is 19.4 Å². The molecule has 0 saturated carbocycles. The third-order valence-electron chi connectivity index (χ3n) is 3.84. The van der Waals surface area contributed by atoms with E-state index in [4.69, 9.17) is 0 Å². The number of aromatic nitrogens is 1. The summed E-state index contributed by atoms with van der Waals surface area (Å²) in [5, 5.41) is 1.11. The number of fused-ring (bicyclic) bond motifs is 1. The fourth-order valence-corrected chi connectivity index (χ4v) is 2.77.